The third-order valence-corrected chi connectivity index (χ3v) is 6.84. The minimum Gasteiger partial charge on any atom is -0.493 e. The zero-order chi connectivity index (χ0) is 27.4. The van der Waals surface area contributed by atoms with Crippen LogP contribution >= 0.6 is 0 Å². The number of carbonyl (C=O) groups excluding carboxylic acids is 2. The Hall–Kier alpha value is -3.82. The highest BCUT2D eigenvalue weighted by molar-refractivity contribution is 5.89. The summed E-state index contributed by atoms with van der Waals surface area (Å²) < 4.78 is 45.8. The van der Waals surface area contributed by atoms with Crippen LogP contribution in [0.15, 0.2) is 12.1 Å². The molecular weight excluding hydrogens is 496 g/mol. The van der Waals surface area contributed by atoms with Crippen molar-refractivity contribution < 1.29 is 47.5 Å². The first-order valence-corrected chi connectivity index (χ1v) is 12.7. The normalized spacial score (nSPS) is 14.6. The number of esters is 2. The zero-order valence-corrected chi connectivity index (χ0v) is 22.6. The van der Waals surface area contributed by atoms with Gasteiger partial charge in [0.05, 0.1) is 26.1 Å². The van der Waals surface area contributed by atoms with Crippen LogP contribution in [0.1, 0.15) is 51.7 Å². The van der Waals surface area contributed by atoms with Gasteiger partial charge in [-0.1, -0.05) is 27.7 Å². The smallest absolute Gasteiger partial charge is 0.308 e. The maximum Gasteiger partial charge on any atom is 0.308 e. The lowest BCUT2D eigenvalue weighted by atomic mass is 9.92. The van der Waals surface area contributed by atoms with Crippen molar-refractivity contribution in [3.8, 4) is 45.6 Å². The lowest BCUT2D eigenvalue weighted by molar-refractivity contribution is -0.150. The van der Waals surface area contributed by atoms with Crippen LogP contribution in [0.2, 0.25) is 0 Å². The van der Waals surface area contributed by atoms with Gasteiger partial charge < -0.3 is 37.9 Å². The van der Waals surface area contributed by atoms with Crippen molar-refractivity contribution in [1.29, 1.82) is 0 Å². The molecule has 0 bridgehead atoms. The number of rotatable bonds is 11. The Morgan fingerprint density at radius 1 is 0.711 bits per heavy atom. The van der Waals surface area contributed by atoms with Gasteiger partial charge >= 0.3 is 11.9 Å². The van der Waals surface area contributed by atoms with Crippen LogP contribution in [0.5, 0.6) is 34.5 Å². The highest BCUT2D eigenvalue weighted by atomic mass is 16.7. The van der Waals surface area contributed by atoms with Gasteiger partial charge in [-0.15, -0.1) is 0 Å². The third-order valence-electron chi connectivity index (χ3n) is 6.84. The van der Waals surface area contributed by atoms with E-state index >= 15 is 0 Å². The number of hydrogen-bond acceptors (Lipinski definition) is 10. The topological polar surface area (TPSA) is 108 Å². The molecular formula is C28H34O10. The summed E-state index contributed by atoms with van der Waals surface area (Å²) in [6.45, 7) is 7.31. The Morgan fingerprint density at radius 2 is 1.08 bits per heavy atom. The summed E-state index contributed by atoms with van der Waals surface area (Å²) >= 11 is 0. The monoisotopic (exact) mass is 530 g/mol. The van der Waals surface area contributed by atoms with Crippen LogP contribution < -0.4 is 28.4 Å². The second kappa shape index (κ2) is 11.7. The van der Waals surface area contributed by atoms with E-state index in [9.17, 15) is 9.59 Å². The molecule has 0 aromatic heterocycles. The minimum atomic E-state index is -0.322. The zero-order valence-electron chi connectivity index (χ0n) is 22.6. The lowest BCUT2D eigenvalue weighted by Crippen LogP contribution is -2.15. The molecule has 4 rings (SSSR count). The molecule has 0 spiro atoms. The predicted molar refractivity (Wildman–Crippen MR) is 136 cm³/mol. The molecule has 10 nitrogen and oxygen atoms in total. The molecule has 0 saturated heterocycles. The molecule has 2 atom stereocenters. The number of benzene rings is 2. The van der Waals surface area contributed by atoms with E-state index in [1.807, 2.05) is 27.7 Å². The summed E-state index contributed by atoms with van der Waals surface area (Å²) in [6.07, 6.45) is 1.30. The summed E-state index contributed by atoms with van der Waals surface area (Å²) in [5, 5.41) is 0. The fourth-order valence-electron chi connectivity index (χ4n) is 4.17. The van der Waals surface area contributed by atoms with Crippen molar-refractivity contribution in [1.82, 2.24) is 0 Å². The van der Waals surface area contributed by atoms with E-state index in [0.717, 1.165) is 0 Å². The van der Waals surface area contributed by atoms with E-state index < -0.39 is 0 Å². The molecule has 0 aliphatic carbocycles. The van der Waals surface area contributed by atoms with E-state index in [1.54, 1.807) is 12.1 Å². The molecule has 0 amide bonds. The molecule has 0 N–H and O–H groups in total. The predicted octanol–water partition coefficient (Wildman–Crippen LogP) is 5.01. The molecule has 2 unspecified atom stereocenters. The van der Waals surface area contributed by atoms with Crippen LogP contribution in [0.25, 0.3) is 11.1 Å². The maximum absolute atomic E-state index is 12.6. The maximum atomic E-state index is 12.6. The lowest BCUT2D eigenvalue weighted by Gasteiger charge is -2.21. The van der Waals surface area contributed by atoms with Crippen LogP contribution in [-0.4, -0.2) is 39.7 Å². The number of ether oxygens (including phenoxy) is 8. The van der Waals surface area contributed by atoms with E-state index in [2.05, 4.69) is 0 Å². The average Bonchev–Trinajstić information content (AvgIpc) is 3.63. The molecule has 0 radical (unpaired) electrons. The first kappa shape index (κ1) is 27.2. The van der Waals surface area contributed by atoms with Gasteiger partial charge in [-0.3, -0.25) is 9.59 Å². The van der Waals surface area contributed by atoms with Crippen molar-refractivity contribution in [2.24, 2.45) is 11.8 Å². The van der Waals surface area contributed by atoms with E-state index in [4.69, 9.17) is 37.9 Å². The van der Waals surface area contributed by atoms with Gasteiger partial charge in [0, 0.05) is 22.3 Å². The second-order valence-corrected chi connectivity index (χ2v) is 9.19. The highest BCUT2D eigenvalue weighted by Crippen LogP contribution is 2.56. The molecule has 206 valence electrons. The Morgan fingerprint density at radius 3 is 1.42 bits per heavy atom. The molecule has 2 aliphatic rings. The van der Waals surface area contributed by atoms with Crippen molar-refractivity contribution in [2.75, 3.05) is 27.8 Å². The molecule has 2 aromatic carbocycles. The van der Waals surface area contributed by atoms with Crippen LogP contribution in [-0.2, 0) is 32.3 Å². The highest BCUT2D eigenvalue weighted by Gasteiger charge is 2.35. The Kier molecular flexibility index (Phi) is 8.38. The molecule has 38 heavy (non-hydrogen) atoms. The van der Waals surface area contributed by atoms with Gasteiger partial charge in [-0.2, -0.15) is 0 Å². The Balaban J connectivity index is 1.89. The number of fused-ring (bicyclic) bond motifs is 2. The standard InChI is InChI=1S/C28H34O10/c1-7-15(3)27(29)33-11-17-9-19(31-5)23-25(37-13-35-23)21(17)22-18(12-34-28(30)16(4)8-2)10-20(32-6)24-26(22)38-14-36-24/h9-10,15-16H,7-8,11-14H2,1-6H3. The molecule has 10 heteroatoms. The van der Waals surface area contributed by atoms with Gasteiger partial charge in [-0.25, -0.2) is 0 Å². The summed E-state index contributed by atoms with van der Waals surface area (Å²) in [7, 11) is 3.04. The molecule has 2 aromatic rings. The number of carbonyl (C=O) groups is 2. The molecule has 2 aliphatic heterocycles. The largest absolute Gasteiger partial charge is 0.493 e. The fraction of sp³-hybridized carbons (Fsp3) is 0.500. The number of methoxy groups -OCH3 is 2. The summed E-state index contributed by atoms with van der Waals surface area (Å²) in [6, 6.07) is 3.49. The van der Waals surface area contributed by atoms with Gasteiger partial charge in [0.1, 0.15) is 13.2 Å². The fourth-order valence-corrected chi connectivity index (χ4v) is 4.17. The summed E-state index contributed by atoms with van der Waals surface area (Å²) in [5.41, 5.74) is 2.32. The van der Waals surface area contributed by atoms with Gasteiger partial charge in [-0.05, 0) is 25.0 Å². The second-order valence-electron chi connectivity index (χ2n) is 9.19. The number of hydrogen-bond donors (Lipinski definition) is 0. The average molecular weight is 531 g/mol. The summed E-state index contributed by atoms with van der Waals surface area (Å²) in [4.78, 5) is 25.1. The molecule has 0 fully saturated rings. The molecule has 0 saturated carbocycles. The van der Waals surface area contributed by atoms with Crippen molar-refractivity contribution in [3.63, 3.8) is 0 Å². The SMILES string of the molecule is CCC(C)C(=O)OCc1cc(OC)c2c(c1-c1c(COC(=O)C(C)CC)cc(OC)c3c1OCO3)OCO2. The van der Waals surface area contributed by atoms with Crippen molar-refractivity contribution >= 4 is 11.9 Å². The van der Waals surface area contributed by atoms with E-state index in [1.165, 1.54) is 14.2 Å². The van der Waals surface area contributed by atoms with Crippen molar-refractivity contribution in [3.05, 3.63) is 23.3 Å². The van der Waals surface area contributed by atoms with Gasteiger partial charge in [0.15, 0.2) is 23.0 Å². The molecule has 2 heterocycles. The van der Waals surface area contributed by atoms with Crippen LogP contribution in [0.3, 0.4) is 0 Å². The van der Waals surface area contributed by atoms with Gasteiger partial charge in [0.25, 0.3) is 0 Å². The first-order valence-electron chi connectivity index (χ1n) is 12.7. The van der Waals surface area contributed by atoms with Crippen LogP contribution in [0.4, 0.5) is 0 Å². The first-order chi connectivity index (χ1) is 18.3. The third kappa shape index (κ3) is 5.12. The van der Waals surface area contributed by atoms with Crippen molar-refractivity contribution in [2.45, 2.75) is 53.8 Å². The quantitative estimate of drug-likeness (QED) is 0.368. The Labute approximate surface area is 222 Å². The minimum absolute atomic E-state index is 0.0250. The summed E-state index contributed by atoms with van der Waals surface area (Å²) in [5.74, 6) is 1.32. The van der Waals surface area contributed by atoms with E-state index in [-0.39, 0.29) is 50.6 Å². The van der Waals surface area contributed by atoms with E-state index in [0.29, 0.717) is 69.6 Å². The Bertz CT molecular complexity index is 1110. The van der Waals surface area contributed by atoms with Gasteiger partial charge in [0.2, 0.25) is 25.1 Å². The van der Waals surface area contributed by atoms with Crippen LogP contribution in [0, 0.1) is 11.8 Å².